The average molecular weight is 290 g/mol. The summed E-state index contributed by atoms with van der Waals surface area (Å²) >= 11 is 0. The summed E-state index contributed by atoms with van der Waals surface area (Å²) in [4.78, 5) is 2.47. The predicted molar refractivity (Wildman–Crippen MR) is 86.2 cm³/mol. The van der Waals surface area contributed by atoms with Crippen LogP contribution >= 0.6 is 0 Å². The quantitative estimate of drug-likeness (QED) is 0.872. The fraction of sp³-hybridized carbons (Fsp3) is 0.667. The lowest BCUT2D eigenvalue weighted by Gasteiger charge is -2.33. The van der Waals surface area contributed by atoms with Crippen molar-refractivity contribution in [3.8, 4) is 0 Å². The largest absolute Gasteiger partial charge is 0.368 e. The van der Waals surface area contributed by atoms with E-state index >= 15 is 0 Å². The summed E-state index contributed by atoms with van der Waals surface area (Å²) in [6, 6.07) is 6.76. The van der Waals surface area contributed by atoms with Crippen molar-refractivity contribution in [2.45, 2.75) is 70.5 Å². The van der Waals surface area contributed by atoms with Crippen molar-refractivity contribution >= 4 is 5.69 Å². The fourth-order valence-corrected chi connectivity index (χ4v) is 3.44. The highest BCUT2D eigenvalue weighted by molar-refractivity contribution is 5.55. The molecule has 1 unspecified atom stereocenters. The van der Waals surface area contributed by atoms with E-state index in [1.54, 1.807) is 6.07 Å². The van der Waals surface area contributed by atoms with Crippen molar-refractivity contribution in [1.82, 2.24) is 5.32 Å². The first-order valence-corrected chi connectivity index (χ1v) is 8.57. The van der Waals surface area contributed by atoms with Gasteiger partial charge in [0.2, 0.25) is 0 Å². The zero-order valence-electron chi connectivity index (χ0n) is 13.1. The van der Waals surface area contributed by atoms with Gasteiger partial charge in [-0.3, -0.25) is 0 Å². The molecule has 0 radical (unpaired) electrons. The van der Waals surface area contributed by atoms with Crippen molar-refractivity contribution in [2.24, 2.45) is 0 Å². The van der Waals surface area contributed by atoms with Gasteiger partial charge < -0.3 is 10.2 Å². The molecule has 1 aromatic rings. The maximum absolute atomic E-state index is 14.3. The van der Waals surface area contributed by atoms with E-state index in [1.807, 2.05) is 6.07 Å². The number of hydrogen-bond donors (Lipinski definition) is 1. The number of benzene rings is 1. The Balaban J connectivity index is 1.85. The molecule has 1 aliphatic carbocycles. The van der Waals surface area contributed by atoms with Gasteiger partial charge in [-0.15, -0.1) is 0 Å². The Labute approximate surface area is 127 Å². The molecule has 0 amide bonds. The van der Waals surface area contributed by atoms with Crippen LogP contribution in [-0.4, -0.2) is 18.6 Å². The van der Waals surface area contributed by atoms with Gasteiger partial charge in [0.1, 0.15) is 5.82 Å². The fourth-order valence-electron chi connectivity index (χ4n) is 3.44. The monoisotopic (exact) mass is 290 g/mol. The van der Waals surface area contributed by atoms with Crippen LogP contribution in [0.25, 0.3) is 0 Å². The lowest BCUT2D eigenvalue weighted by Crippen LogP contribution is -2.35. The molecule has 1 saturated heterocycles. The Bertz CT molecular complexity index is 470. The number of hydrogen-bond acceptors (Lipinski definition) is 2. The molecule has 1 atom stereocenters. The second-order valence-electron chi connectivity index (χ2n) is 6.50. The van der Waals surface area contributed by atoms with Crippen molar-refractivity contribution in [1.29, 1.82) is 0 Å². The topological polar surface area (TPSA) is 15.3 Å². The standard InChI is InChI=1S/C18H27FN2/c1-2-15-7-4-3-5-12-21(15)18-9-6-8-17(19)16(18)13-20-14-10-11-14/h6,8-9,14-15,20H,2-5,7,10-13H2,1H3. The third-order valence-electron chi connectivity index (χ3n) is 4.90. The van der Waals surface area contributed by atoms with Gasteiger partial charge in [-0.25, -0.2) is 4.39 Å². The first-order chi connectivity index (χ1) is 10.3. The van der Waals surface area contributed by atoms with Gasteiger partial charge in [0.05, 0.1) is 0 Å². The van der Waals surface area contributed by atoms with Crippen LogP contribution in [0.4, 0.5) is 10.1 Å². The van der Waals surface area contributed by atoms with Gasteiger partial charge in [-0.1, -0.05) is 25.8 Å². The van der Waals surface area contributed by atoms with Crippen molar-refractivity contribution in [3.63, 3.8) is 0 Å². The van der Waals surface area contributed by atoms with E-state index in [4.69, 9.17) is 0 Å². The first-order valence-electron chi connectivity index (χ1n) is 8.57. The van der Waals surface area contributed by atoms with Gasteiger partial charge >= 0.3 is 0 Å². The van der Waals surface area contributed by atoms with Crippen LogP contribution in [0, 0.1) is 5.82 Å². The molecule has 3 heteroatoms. The third-order valence-corrected chi connectivity index (χ3v) is 4.90. The third kappa shape index (κ3) is 3.57. The van der Waals surface area contributed by atoms with Crippen LogP contribution in [0.15, 0.2) is 18.2 Å². The Morgan fingerprint density at radius 1 is 1.19 bits per heavy atom. The van der Waals surface area contributed by atoms with Crippen LogP contribution in [0.5, 0.6) is 0 Å². The normalized spacial score (nSPS) is 23.1. The van der Waals surface area contributed by atoms with Crippen molar-refractivity contribution in [2.75, 3.05) is 11.4 Å². The summed E-state index contributed by atoms with van der Waals surface area (Å²) in [5.41, 5.74) is 1.99. The van der Waals surface area contributed by atoms with Crippen LogP contribution in [0.2, 0.25) is 0 Å². The summed E-state index contributed by atoms with van der Waals surface area (Å²) in [6.45, 7) is 3.99. The second-order valence-corrected chi connectivity index (χ2v) is 6.50. The zero-order valence-corrected chi connectivity index (χ0v) is 13.1. The number of anilines is 1. The lowest BCUT2D eigenvalue weighted by atomic mass is 10.0. The minimum absolute atomic E-state index is 0.0558. The summed E-state index contributed by atoms with van der Waals surface area (Å²) in [5.74, 6) is -0.0558. The highest BCUT2D eigenvalue weighted by atomic mass is 19.1. The average Bonchev–Trinajstić information content (AvgIpc) is 3.32. The van der Waals surface area contributed by atoms with Gasteiger partial charge in [-0.2, -0.15) is 0 Å². The van der Waals surface area contributed by atoms with E-state index in [1.165, 1.54) is 38.5 Å². The molecule has 3 rings (SSSR count). The SMILES string of the molecule is CCC1CCCCCN1c1cccc(F)c1CNC1CC1. The predicted octanol–water partition coefficient (Wildman–Crippen LogP) is 4.24. The van der Waals surface area contributed by atoms with E-state index in [9.17, 15) is 4.39 Å². The maximum atomic E-state index is 14.3. The molecule has 0 aromatic heterocycles. The van der Waals surface area contributed by atoms with Gasteiger partial charge in [-0.05, 0) is 44.2 Å². The van der Waals surface area contributed by atoms with Crippen LogP contribution in [0.3, 0.4) is 0 Å². The molecule has 1 aromatic carbocycles. The number of nitrogens with one attached hydrogen (secondary N) is 1. The van der Waals surface area contributed by atoms with Gasteiger partial charge in [0, 0.05) is 36.4 Å². The van der Waals surface area contributed by atoms with Crippen molar-refractivity contribution < 1.29 is 4.39 Å². The Morgan fingerprint density at radius 3 is 2.81 bits per heavy atom. The Hall–Kier alpha value is -1.09. The summed E-state index contributed by atoms with van der Waals surface area (Å²) in [6.07, 6.45) is 8.70. The van der Waals surface area contributed by atoms with Crippen LogP contribution in [0.1, 0.15) is 57.4 Å². The number of nitrogens with zero attached hydrogens (tertiary/aromatic N) is 1. The molecule has 116 valence electrons. The molecule has 2 fully saturated rings. The minimum Gasteiger partial charge on any atom is -0.368 e. The lowest BCUT2D eigenvalue weighted by molar-refractivity contribution is 0.545. The molecular formula is C18H27FN2. The Kier molecular flexibility index (Phi) is 4.79. The molecule has 21 heavy (non-hydrogen) atoms. The van der Waals surface area contributed by atoms with Crippen LogP contribution in [-0.2, 0) is 6.54 Å². The zero-order chi connectivity index (χ0) is 14.7. The van der Waals surface area contributed by atoms with Crippen molar-refractivity contribution in [3.05, 3.63) is 29.6 Å². The molecule has 1 N–H and O–H groups in total. The molecular weight excluding hydrogens is 263 g/mol. The summed E-state index contributed by atoms with van der Waals surface area (Å²) in [5, 5.41) is 3.48. The molecule has 1 heterocycles. The molecule has 2 nitrogen and oxygen atoms in total. The van der Waals surface area contributed by atoms with E-state index < -0.39 is 0 Å². The highest BCUT2D eigenvalue weighted by Crippen LogP contribution is 2.31. The molecule has 0 bridgehead atoms. The van der Waals surface area contributed by atoms with Gasteiger partial charge in [0.25, 0.3) is 0 Å². The van der Waals surface area contributed by atoms with E-state index in [0.717, 1.165) is 24.2 Å². The minimum atomic E-state index is -0.0558. The highest BCUT2D eigenvalue weighted by Gasteiger charge is 2.25. The molecule has 2 aliphatic rings. The smallest absolute Gasteiger partial charge is 0.129 e. The van der Waals surface area contributed by atoms with E-state index in [0.29, 0.717) is 18.6 Å². The van der Waals surface area contributed by atoms with Crippen LogP contribution < -0.4 is 10.2 Å². The van der Waals surface area contributed by atoms with E-state index in [-0.39, 0.29) is 5.82 Å². The Morgan fingerprint density at radius 2 is 2.05 bits per heavy atom. The van der Waals surface area contributed by atoms with E-state index in [2.05, 4.69) is 23.2 Å². The first kappa shape index (κ1) is 14.8. The maximum Gasteiger partial charge on any atom is 0.129 e. The molecule has 0 spiro atoms. The summed E-state index contributed by atoms with van der Waals surface area (Å²) in [7, 11) is 0. The number of halogens is 1. The number of rotatable bonds is 5. The molecule has 1 saturated carbocycles. The second kappa shape index (κ2) is 6.78. The molecule has 1 aliphatic heterocycles. The van der Waals surface area contributed by atoms with Gasteiger partial charge in [0.15, 0.2) is 0 Å². The summed E-state index contributed by atoms with van der Waals surface area (Å²) < 4.78 is 14.3.